The molecule has 116 valence electrons. The van der Waals surface area contributed by atoms with Gasteiger partial charge in [-0.05, 0) is 43.6 Å². The Bertz CT molecular complexity index is 576. The predicted molar refractivity (Wildman–Crippen MR) is 89.4 cm³/mol. The fourth-order valence-electron chi connectivity index (χ4n) is 2.87. The first-order valence-electron chi connectivity index (χ1n) is 8.19. The molecule has 1 aliphatic carbocycles. The van der Waals surface area contributed by atoms with E-state index in [1.54, 1.807) is 6.07 Å². The molecule has 1 aromatic rings. The van der Waals surface area contributed by atoms with Crippen molar-refractivity contribution in [2.75, 3.05) is 6.54 Å². The Morgan fingerprint density at radius 1 is 1.24 bits per heavy atom. The first kappa shape index (κ1) is 16.0. The molecule has 3 nitrogen and oxygen atoms in total. The molecule has 0 atom stereocenters. The number of hydrogen-bond donors (Lipinski definition) is 0. The zero-order valence-corrected chi connectivity index (χ0v) is 13.9. The molecule has 0 aromatic carbocycles. The van der Waals surface area contributed by atoms with Gasteiger partial charge in [0.2, 0.25) is 0 Å². The van der Waals surface area contributed by atoms with Crippen LogP contribution in [0, 0.1) is 5.41 Å². The van der Waals surface area contributed by atoms with Crippen molar-refractivity contribution in [2.24, 2.45) is 10.4 Å². The summed E-state index contributed by atoms with van der Waals surface area (Å²) in [6.07, 6.45) is 5.24. The molecule has 3 heteroatoms. The van der Waals surface area contributed by atoms with Gasteiger partial charge in [-0.2, -0.15) is 0 Å². The monoisotopic (exact) mass is 288 g/mol. The maximum atomic E-state index is 12.1. The van der Waals surface area contributed by atoms with Crippen molar-refractivity contribution >= 4 is 5.71 Å². The summed E-state index contributed by atoms with van der Waals surface area (Å²) in [6.45, 7) is 10.6. The van der Waals surface area contributed by atoms with E-state index in [4.69, 9.17) is 4.99 Å². The van der Waals surface area contributed by atoms with E-state index < -0.39 is 0 Å². The second kappa shape index (κ2) is 6.59. The van der Waals surface area contributed by atoms with Crippen LogP contribution in [-0.4, -0.2) is 16.8 Å². The summed E-state index contributed by atoms with van der Waals surface area (Å²) in [4.78, 5) is 16.9. The molecular formula is C18H28N2O. The fraction of sp³-hybridized carbons (Fsp3) is 0.667. The molecule has 1 aromatic heterocycles. The molecule has 0 N–H and O–H groups in total. The molecule has 0 saturated heterocycles. The second-order valence-electron chi connectivity index (χ2n) is 7.18. The summed E-state index contributed by atoms with van der Waals surface area (Å²) < 4.78 is 1.95. The first-order chi connectivity index (χ1) is 9.92. The van der Waals surface area contributed by atoms with Crippen LogP contribution in [-0.2, 0) is 13.0 Å². The standard InChI is InChI=1S/C18H28N2O/c1-5-13-20-16-8-6-7-15(14(16)9-10-17(20)21)19-12-11-18(2,3)4/h9-10H,5-8,11-13H2,1-4H3. The third kappa shape index (κ3) is 4.05. The van der Waals surface area contributed by atoms with Crippen molar-refractivity contribution in [3.8, 4) is 0 Å². The zero-order chi connectivity index (χ0) is 15.5. The van der Waals surface area contributed by atoms with Gasteiger partial charge < -0.3 is 4.57 Å². The van der Waals surface area contributed by atoms with Crippen molar-refractivity contribution in [3.05, 3.63) is 33.7 Å². The van der Waals surface area contributed by atoms with Gasteiger partial charge in [0, 0.05) is 36.1 Å². The minimum Gasteiger partial charge on any atom is -0.312 e. The summed E-state index contributed by atoms with van der Waals surface area (Å²) in [5.74, 6) is 0. The Labute approximate surface area is 128 Å². The van der Waals surface area contributed by atoms with E-state index in [1.165, 1.54) is 17.0 Å². The Hall–Kier alpha value is -1.38. The van der Waals surface area contributed by atoms with E-state index >= 15 is 0 Å². The number of nitrogens with zero attached hydrogens (tertiary/aromatic N) is 2. The van der Waals surface area contributed by atoms with E-state index in [0.717, 1.165) is 45.2 Å². The summed E-state index contributed by atoms with van der Waals surface area (Å²) in [5.41, 5.74) is 4.06. The lowest BCUT2D eigenvalue weighted by Crippen LogP contribution is -2.28. The van der Waals surface area contributed by atoms with E-state index in [-0.39, 0.29) is 5.56 Å². The molecule has 0 saturated carbocycles. The predicted octanol–water partition coefficient (Wildman–Crippen LogP) is 3.82. The Morgan fingerprint density at radius 2 is 2.00 bits per heavy atom. The highest BCUT2D eigenvalue weighted by Gasteiger charge is 2.19. The van der Waals surface area contributed by atoms with Crippen molar-refractivity contribution in [1.82, 2.24) is 4.57 Å². The molecule has 0 unspecified atom stereocenters. The number of fused-ring (bicyclic) bond motifs is 1. The maximum Gasteiger partial charge on any atom is 0.250 e. The van der Waals surface area contributed by atoms with Crippen LogP contribution in [0.1, 0.15) is 64.6 Å². The molecule has 0 bridgehead atoms. The normalized spacial score (nSPS) is 17.0. The summed E-state index contributed by atoms with van der Waals surface area (Å²) >= 11 is 0. The molecule has 0 radical (unpaired) electrons. The van der Waals surface area contributed by atoms with Crippen LogP contribution < -0.4 is 5.56 Å². The summed E-state index contributed by atoms with van der Waals surface area (Å²) in [7, 11) is 0. The van der Waals surface area contributed by atoms with Gasteiger partial charge in [-0.1, -0.05) is 27.7 Å². The summed E-state index contributed by atoms with van der Waals surface area (Å²) in [5, 5.41) is 0. The number of hydrogen-bond acceptors (Lipinski definition) is 2. The Morgan fingerprint density at radius 3 is 2.67 bits per heavy atom. The van der Waals surface area contributed by atoms with Crippen molar-refractivity contribution in [3.63, 3.8) is 0 Å². The Balaban J connectivity index is 2.29. The quantitative estimate of drug-likeness (QED) is 0.829. The van der Waals surface area contributed by atoms with E-state index in [2.05, 4.69) is 27.7 Å². The van der Waals surface area contributed by atoms with E-state index in [9.17, 15) is 4.79 Å². The van der Waals surface area contributed by atoms with Gasteiger partial charge in [-0.15, -0.1) is 0 Å². The van der Waals surface area contributed by atoms with Crippen LogP contribution in [0.4, 0.5) is 0 Å². The lowest BCUT2D eigenvalue weighted by atomic mass is 9.91. The highest BCUT2D eigenvalue weighted by atomic mass is 16.1. The molecule has 0 aliphatic heterocycles. The molecule has 0 fully saturated rings. The highest BCUT2D eigenvalue weighted by molar-refractivity contribution is 6.02. The van der Waals surface area contributed by atoms with Gasteiger partial charge in [0.05, 0.1) is 0 Å². The second-order valence-corrected chi connectivity index (χ2v) is 7.18. The molecule has 2 rings (SSSR count). The summed E-state index contributed by atoms with van der Waals surface area (Å²) in [6, 6.07) is 3.69. The molecule has 1 aliphatic rings. The first-order valence-corrected chi connectivity index (χ1v) is 8.19. The number of rotatable bonds is 4. The maximum absolute atomic E-state index is 12.1. The zero-order valence-electron chi connectivity index (χ0n) is 13.9. The van der Waals surface area contributed by atoms with Gasteiger partial charge >= 0.3 is 0 Å². The lowest BCUT2D eigenvalue weighted by Gasteiger charge is -2.23. The van der Waals surface area contributed by atoms with Crippen LogP contribution in [0.2, 0.25) is 0 Å². The van der Waals surface area contributed by atoms with Gasteiger partial charge in [0.25, 0.3) is 5.56 Å². The minimum absolute atomic E-state index is 0.131. The fourth-order valence-corrected chi connectivity index (χ4v) is 2.87. The minimum atomic E-state index is 0.131. The van der Waals surface area contributed by atoms with Gasteiger partial charge in [0.1, 0.15) is 0 Å². The van der Waals surface area contributed by atoms with Gasteiger partial charge in [-0.3, -0.25) is 9.79 Å². The SMILES string of the molecule is CCCn1c2c(ccc1=O)C(=NCCC(C)(C)C)CCC2. The molecule has 0 amide bonds. The van der Waals surface area contributed by atoms with E-state index in [1.807, 2.05) is 10.6 Å². The van der Waals surface area contributed by atoms with Gasteiger partial charge in [0.15, 0.2) is 0 Å². The molecular weight excluding hydrogens is 260 g/mol. The smallest absolute Gasteiger partial charge is 0.250 e. The van der Waals surface area contributed by atoms with Crippen LogP contribution in [0.15, 0.2) is 21.9 Å². The highest BCUT2D eigenvalue weighted by Crippen LogP contribution is 2.22. The van der Waals surface area contributed by atoms with Crippen molar-refractivity contribution in [2.45, 2.75) is 66.3 Å². The molecule has 0 spiro atoms. The van der Waals surface area contributed by atoms with E-state index in [0.29, 0.717) is 5.41 Å². The topological polar surface area (TPSA) is 34.4 Å². The van der Waals surface area contributed by atoms with Gasteiger partial charge in [-0.25, -0.2) is 0 Å². The average Bonchev–Trinajstić information content (AvgIpc) is 2.41. The number of aromatic nitrogens is 1. The van der Waals surface area contributed by atoms with Crippen LogP contribution in [0.25, 0.3) is 0 Å². The van der Waals surface area contributed by atoms with Crippen LogP contribution >= 0.6 is 0 Å². The van der Waals surface area contributed by atoms with Crippen molar-refractivity contribution < 1.29 is 0 Å². The molecule has 21 heavy (non-hydrogen) atoms. The third-order valence-electron chi connectivity index (χ3n) is 4.05. The Kier molecular flexibility index (Phi) is 5.02. The van der Waals surface area contributed by atoms with Crippen molar-refractivity contribution in [1.29, 1.82) is 0 Å². The lowest BCUT2D eigenvalue weighted by molar-refractivity contribution is 0.385. The molecule has 1 heterocycles. The third-order valence-corrected chi connectivity index (χ3v) is 4.05. The van der Waals surface area contributed by atoms with Crippen LogP contribution in [0.3, 0.4) is 0 Å². The van der Waals surface area contributed by atoms with Crippen LogP contribution in [0.5, 0.6) is 0 Å². The number of pyridine rings is 1. The average molecular weight is 288 g/mol. The largest absolute Gasteiger partial charge is 0.312 e. The number of aliphatic imine (C=N–C) groups is 1.